The minimum Gasteiger partial charge on any atom is -0.314 e. The molecule has 0 fully saturated rings. The Morgan fingerprint density at radius 2 is 2.00 bits per heavy atom. The molecule has 0 aromatic carbocycles. The number of rotatable bonds is 4. The molecule has 10 heavy (non-hydrogen) atoms. The Kier molecular flexibility index (Phi) is 5.42. The van der Waals surface area contributed by atoms with Gasteiger partial charge in [-0.15, -0.1) is 0 Å². The number of hydrogen-bond acceptors (Lipinski definition) is 3. The van der Waals surface area contributed by atoms with Gasteiger partial charge in [-0.2, -0.15) is 10.5 Å². The Balaban J connectivity index is 3.31. The summed E-state index contributed by atoms with van der Waals surface area (Å²) in [5, 5.41) is 19.6. The van der Waals surface area contributed by atoms with Crippen LogP contribution in [0.4, 0.5) is 0 Å². The summed E-state index contributed by atoms with van der Waals surface area (Å²) in [6.07, 6.45) is 1.03. The average Bonchev–Trinajstić information content (AvgIpc) is 1.99. The van der Waals surface area contributed by atoms with E-state index in [1.807, 2.05) is 19.1 Å². The molecule has 54 valence electrons. The fourth-order valence-electron chi connectivity index (χ4n) is 0.543. The molecule has 0 saturated heterocycles. The Morgan fingerprint density at radius 1 is 1.40 bits per heavy atom. The van der Waals surface area contributed by atoms with E-state index in [1.54, 1.807) is 0 Å². The van der Waals surface area contributed by atoms with Crippen molar-refractivity contribution in [3.63, 3.8) is 0 Å². The van der Waals surface area contributed by atoms with Crippen LogP contribution in [0.1, 0.15) is 13.3 Å². The van der Waals surface area contributed by atoms with Crippen molar-refractivity contribution in [1.29, 1.82) is 10.5 Å². The summed E-state index contributed by atoms with van der Waals surface area (Å²) in [6, 6.07) is 3.77. The molecule has 1 N–H and O–H groups in total. The zero-order valence-corrected chi connectivity index (χ0v) is 6.09. The minimum atomic E-state index is -0.494. The normalized spacial score (nSPS) is 8.80. The highest BCUT2D eigenvalue weighted by Crippen LogP contribution is 1.87. The van der Waals surface area contributed by atoms with E-state index in [1.165, 1.54) is 0 Å². The van der Waals surface area contributed by atoms with Crippen LogP contribution >= 0.6 is 0 Å². The predicted molar refractivity (Wildman–Crippen MR) is 37.9 cm³/mol. The Labute approximate surface area is 61.3 Å². The minimum absolute atomic E-state index is 0.487. The predicted octanol–water partition coefficient (Wildman–Crippen LogP) is 0.649. The summed E-state index contributed by atoms with van der Waals surface area (Å²) in [6.45, 7) is 3.40. The topological polar surface area (TPSA) is 59.6 Å². The van der Waals surface area contributed by atoms with Crippen molar-refractivity contribution in [2.75, 3.05) is 13.1 Å². The highest BCUT2D eigenvalue weighted by molar-refractivity contribution is 4.99. The summed E-state index contributed by atoms with van der Waals surface area (Å²) >= 11 is 0. The summed E-state index contributed by atoms with van der Waals surface area (Å²) in [4.78, 5) is 0. The Hall–Kier alpha value is -1.06. The molecule has 0 aliphatic carbocycles. The zero-order chi connectivity index (χ0) is 7.82. The first-order valence-electron chi connectivity index (χ1n) is 3.35. The smallest absolute Gasteiger partial charge is 0.145 e. The van der Waals surface area contributed by atoms with Crippen LogP contribution < -0.4 is 5.32 Å². The standard InChI is InChI=1S/C7H11N3/c1-2-3-10-6-7(4-8)5-9/h7,10H,2-3,6H2,1H3. The van der Waals surface area contributed by atoms with Crippen LogP contribution in [-0.2, 0) is 0 Å². The molecule has 0 spiro atoms. The first-order valence-corrected chi connectivity index (χ1v) is 3.35. The molecule has 0 atom stereocenters. The summed E-state index contributed by atoms with van der Waals surface area (Å²) in [7, 11) is 0. The van der Waals surface area contributed by atoms with Crippen LogP contribution in [-0.4, -0.2) is 13.1 Å². The van der Waals surface area contributed by atoms with Gasteiger partial charge in [0.25, 0.3) is 0 Å². The first kappa shape index (κ1) is 8.94. The van der Waals surface area contributed by atoms with Crippen molar-refractivity contribution in [3.8, 4) is 12.1 Å². The van der Waals surface area contributed by atoms with Gasteiger partial charge in [0.1, 0.15) is 5.92 Å². The summed E-state index contributed by atoms with van der Waals surface area (Å²) in [5.41, 5.74) is 0. The van der Waals surface area contributed by atoms with Gasteiger partial charge >= 0.3 is 0 Å². The van der Waals surface area contributed by atoms with Gasteiger partial charge in [0, 0.05) is 6.54 Å². The third kappa shape index (κ3) is 3.88. The lowest BCUT2D eigenvalue weighted by Gasteiger charge is -2.00. The van der Waals surface area contributed by atoms with Gasteiger partial charge in [0.2, 0.25) is 0 Å². The van der Waals surface area contributed by atoms with E-state index in [0.29, 0.717) is 6.54 Å². The molecule has 0 aliphatic rings. The van der Waals surface area contributed by atoms with Gasteiger partial charge in [-0.25, -0.2) is 0 Å². The van der Waals surface area contributed by atoms with Crippen LogP contribution in [0.25, 0.3) is 0 Å². The fraction of sp³-hybridized carbons (Fsp3) is 0.714. The first-order chi connectivity index (χ1) is 4.85. The van der Waals surface area contributed by atoms with Gasteiger partial charge in [0.05, 0.1) is 12.1 Å². The van der Waals surface area contributed by atoms with Crippen LogP contribution in [0.2, 0.25) is 0 Å². The lowest BCUT2D eigenvalue weighted by atomic mass is 10.2. The van der Waals surface area contributed by atoms with Crippen molar-refractivity contribution in [3.05, 3.63) is 0 Å². The second-order valence-corrected chi connectivity index (χ2v) is 2.01. The van der Waals surface area contributed by atoms with E-state index < -0.39 is 5.92 Å². The molecule has 0 heterocycles. The van der Waals surface area contributed by atoms with E-state index in [4.69, 9.17) is 10.5 Å². The lowest BCUT2D eigenvalue weighted by molar-refractivity contribution is 0.633. The Morgan fingerprint density at radius 3 is 2.40 bits per heavy atom. The molecule has 0 amide bonds. The molecule has 3 nitrogen and oxygen atoms in total. The van der Waals surface area contributed by atoms with Crippen molar-refractivity contribution in [1.82, 2.24) is 5.32 Å². The maximum Gasteiger partial charge on any atom is 0.145 e. The number of hydrogen-bond donors (Lipinski definition) is 1. The number of nitriles is 2. The lowest BCUT2D eigenvalue weighted by Crippen LogP contribution is -2.21. The maximum absolute atomic E-state index is 8.31. The molecule has 0 aliphatic heterocycles. The third-order valence-corrected chi connectivity index (χ3v) is 1.09. The monoisotopic (exact) mass is 137 g/mol. The van der Waals surface area contributed by atoms with Crippen LogP contribution in [0, 0.1) is 28.6 Å². The molecular weight excluding hydrogens is 126 g/mol. The SMILES string of the molecule is CCCNCC(C#N)C#N. The van der Waals surface area contributed by atoms with E-state index in [2.05, 4.69) is 5.32 Å². The second kappa shape index (κ2) is 6.07. The summed E-state index contributed by atoms with van der Waals surface area (Å²) < 4.78 is 0. The second-order valence-electron chi connectivity index (χ2n) is 2.01. The maximum atomic E-state index is 8.31. The fourth-order valence-corrected chi connectivity index (χ4v) is 0.543. The third-order valence-electron chi connectivity index (χ3n) is 1.09. The molecule has 0 unspecified atom stereocenters. The van der Waals surface area contributed by atoms with E-state index in [-0.39, 0.29) is 0 Å². The van der Waals surface area contributed by atoms with Gasteiger partial charge in [0.15, 0.2) is 0 Å². The molecular formula is C7H11N3. The molecule has 3 heteroatoms. The molecule has 0 aromatic rings. The van der Waals surface area contributed by atoms with Crippen molar-refractivity contribution in [2.45, 2.75) is 13.3 Å². The number of nitrogens with one attached hydrogen (secondary N) is 1. The van der Waals surface area contributed by atoms with Crippen LogP contribution in [0.5, 0.6) is 0 Å². The summed E-state index contributed by atoms with van der Waals surface area (Å²) in [5.74, 6) is -0.494. The van der Waals surface area contributed by atoms with Crippen molar-refractivity contribution >= 4 is 0 Å². The Bertz CT molecular complexity index is 137. The highest BCUT2D eigenvalue weighted by atomic mass is 14.8. The van der Waals surface area contributed by atoms with Gasteiger partial charge in [-0.1, -0.05) is 6.92 Å². The zero-order valence-electron chi connectivity index (χ0n) is 6.09. The van der Waals surface area contributed by atoms with E-state index >= 15 is 0 Å². The van der Waals surface area contributed by atoms with Crippen LogP contribution in [0.15, 0.2) is 0 Å². The van der Waals surface area contributed by atoms with E-state index in [0.717, 1.165) is 13.0 Å². The quantitative estimate of drug-likeness (QED) is 0.579. The molecule has 0 aromatic heterocycles. The van der Waals surface area contributed by atoms with Gasteiger partial charge in [-0.05, 0) is 13.0 Å². The molecule has 0 saturated carbocycles. The largest absolute Gasteiger partial charge is 0.314 e. The van der Waals surface area contributed by atoms with Gasteiger partial charge in [-0.3, -0.25) is 0 Å². The molecule has 0 radical (unpaired) electrons. The van der Waals surface area contributed by atoms with Crippen molar-refractivity contribution in [2.24, 2.45) is 5.92 Å². The van der Waals surface area contributed by atoms with Crippen LogP contribution in [0.3, 0.4) is 0 Å². The van der Waals surface area contributed by atoms with E-state index in [9.17, 15) is 0 Å². The van der Waals surface area contributed by atoms with Gasteiger partial charge < -0.3 is 5.32 Å². The molecule has 0 rings (SSSR count). The van der Waals surface area contributed by atoms with Crippen molar-refractivity contribution < 1.29 is 0 Å². The average molecular weight is 137 g/mol. The number of nitrogens with zero attached hydrogens (tertiary/aromatic N) is 2. The molecule has 0 bridgehead atoms. The highest BCUT2D eigenvalue weighted by Gasteiger charge is 2.01.